The predicted octanol–water partition coefficient (Wildman–Crippen LogP) is 1.02. The highest BCUT2D eigenvalue weighted by Gasteiger charge is 2.09. The van der Waals surface area contributed by atoms with Gasteiger partial charge < -0.3 is 15.6 Å². The van der Waals surface area contributed by atoms with Crippen molar-refractivity contribution in [3.8, 4) is 11.5 Å². The molecule has 7 nitrogen and oxygen atoms in total. The number of ether oxygens (including phenoxy) is 1. The molecule has 2 amide bonds. The summed E-state index contributed by atoms with van der Waals surface area (Å²) in [7, 11) is 0. The third kappa shape index (κ3) is 4.57. The summed E-state index contributed by atoms with van der Waals surface area (Å²) in [5.74, 6) is -0.883. The van der Waals surface area contributed by atoms with Gasteiger partial charge in [0.1, 0.15) is 11.5 Å². The van der Waals surface area contributed by atoms with E-state index in [0.29, 0.717) is 5.56 Å². The van der Waals surface area contributed by atoms with Crippen LogP contribution in [0.15, 0.2) is 53.6 Å². The van der Waals surface area contributed by atoms with Crippen LogP contribution in [0.4, 0.5) is 0 Å². The van der Waals surface area contributed by atoms with E-state index in [0.717, 1.165) is 0 Å². The number of phenolic OH excluding ortho intramolecular Hbond substituents is 1. The van der Waals surface area contributed by atoms with E-state index in [4.69, 9.17) is 10.5 Å². The van der Waals surface area contributed by atoms with Crippen LogP contribution in [0, 0.1) is 0 Å². The molecule has 0 saturated heterocycles. The van der Waals surface area contributed by atoms with Gasteiger partial charge in [0.25, 0.3) is 11.8 Å². The number of nitrogens with zero attached hydrogens (tertiary/aromatic N) is 1. The smallest absolute Gasteiger partial charge is 0.277 e. The second kappa shape index (κ2) is 7.60. The molecule has 0 bridgehead atoms. The molecular formula is C16H15N3O4. The first-order chi connectivity index (χ1) is 11.1. The molecule has 0 saturated carbocycles. The fourth-order valence-electron chi connectivity index (χ4n) is 1.74. The van der Waals surface area contributed by atoms with Gasteiger partial charge in [0.2, 0.25) is 0 Å². The quantitative estimate of drug-likeness (QED) is 0.545. The van der Waals surface area contributed by atoms with E-state index in [9.17, 15) is 14.7 Å². The molecule has 0 spiro atoms. The average Bonchev–Trinajstić information content (AvgIpc) is 2.55. The summed E-state index contributed by atoms with van der Waals surface area (Å²) in [6.07, 6.45) is 1.31. The highest BCUT2D eigenvalue weighted by molar-refractivity contribution is 5.95. The number of phenols is 1. The third-order valence-corrected chi connectivity index (χ3v) is 2.84. The van der Waals surface area contributed by atoms with Crippen molar-refractivity contribution in [1.82, 2.24) is 5.43 Å². The molecule has 0 aromatic heterocycles. The minimum atomic E-state index is -0.640. The van der Waals surface area contributed by atoms with Crippen LogP contribution < -0.4 is 15.9 Å². The van der Waals surface area contributed by atoms with E-state index >= 15 is 0 Å². The summed E-state index contributed by atoms with van der Waals surface area (Å²) < 4.78 is 5.25. The van der Waals surface area contributed by atoms with Crippen molar-refractivity contribution in [1.29, 1.82) is 0 Å². The van der Waals surface area contributed by atoms with E-state index in [-0.39, 0.29) is 23.7 Å². The second-order valence-electron chi connectivity index (χ2n) is 4.50. The van der Waals surface area contributed by atoms with Gasteiger partial charge in [-0.25, -0.2) is 5.43 Å². The summed E-state index contributed by atoms with van der Waals surface area (Å²) in [5, 5.41) is 13.3. The lowest BCUT2D eigenvalue weighted by Crippen LogP contribution is -2.25. The van der Waals surface area contributed by atoms with E-state index in [2.05, 4.69) is 10.5 Å². The molecular weight excluding hydrogens is 298 g/mol. The maximum Gasteiger partial charge on any atom is 0.277 e. The van der Waals surface area contributed by atoms with E-state index in [1.54, 1.807) is 36.4 Å². The van der Waals surface area contributed by atoms with E-state index in [1.165, 1.54) is 18.3 Å². The Morgan fingerprint density at radius 2 is 1.87 bits per heavy atom. The van der Waals surface area contributed by atoms with Gasteiger partial charge in [0, 0.05) is 5.56 Å². The molecule has 4 N–H and O–H groups in total. The average molecular weight is 313 g/mol. The highest BCUT2D eigenvalue weighted by atomic mass is 16.5. The predicted molar refractivity (Wildman–Crippen MR) is 84.3 cm³/mol. The number of primary amides is 1. The molecule has 0 radical (unpaired) electrons. The molecule has 0 aliphatic heterocycles. The SMILES string of the molecule is NC(=O)c1ccccc1OCC(=O)N/N=C\c1ccccc1O. The highest BCUT2D eigenvalue weighted by Crippen LogP contribution is 2.16. The van der Waals surface area contributed by atoms with E-state index < -0.39 is 11.8 Å². The molecule has 118 valence electrons. The van der Waals surface area contributed by atoms with Crippen molar-refractivity contribution in [2.24, 2.45) is 10.8 Å². The molecule has 0 fully saturated rings. The number of nitrogens with one attached hydrogen (secondary N) is 1. The summed E-state index contributed by atoms with van der Waals surface area (Å²) in [6.45, 7) is -0.331. The van der Waals surface area contributed by atoms with Crippen LogP contribution in [0.5, 0.6) is 11.5 Å². The Bertz CT molecular complexity index is 744. The summed E-state index contributed by atoms with van der Waals surface area (Å²) in [4.78, 5) is 22.9. The van der Waals surface area contributed by atoms with Gasteiger partial charge in [-0.05, 0) is 24.3 Å². The number of rotatable bonds is 6. The molecule has 2 aromatic rings. The molecule has 7 heteroatoms. The number of amides is 2. The van der Waals surface area contributed by atoms with Gasteiger partial charge >= 0.3 is 0 Å². The lowest BCUT2D eigenvalue weighted by atomic mass is 10.2. The molecule has 2 rings (SSSR count). The first kappa shape index (κ1) is 16.0. The van der Waals surface area contributed by atoms with Crippen LogP contribution >= 0.6 is 0 Å². The number of para-hydroxylation sites is 2. The van der Waals surface area contributed by atoms with Crippen LogP contribution in [0.1, 0.15) is 15.9 Å². The zero-order valence-electron chi connectivity index (χ0n) is 12.1. The number of hydrogen-bond donors (Lipinski definition) is 3. The third-order valence-electron chi connectivity index (χ3n) is 2.84. The Balaban J connectivity index is 1.89. The van der Waals surface area contributed by atoms with Crippen molar-refractivity contribution >= 4 is 18.0 Å². The lowest BCUT2D eigenvalue weighted by Gasteiger charge is -2.08. The summed E-state index contributed by atoms with van der Waals surface area (Å²) >= 11 is 0. The largest absolute Gasteiger partial charge is 0.507 e. The van der Waals surface area contributed by atoms with Crippen LogP contribution in [-0.2, 0) is 4.79 Å². The topological polar surface area (TPSA) is 114 Å². The van der Waals surface area contributed by atoms with Crippen molar-refractivity contribution in [2.75, 3.05) is 6.61 Å². The number of carbonyl (C=O) groups excluding carboxylic acids is 2. The molecule has 0 heterocycles. The summed E-state index contributed by atoms with van der Waals surface area (Å²) in [6, 6.07) is 12.9. The van der Waals surface area contributed by atoms with E-state index in [1.807, 2.05) is 0 Å². The number of aromatic hydroxyl groups is 1. The zero-order chi connectivity index (χ0) is 16.7. The molecule has 0 aliphatic carbocycles. The molecule has 2 aromatic carbocycles. The molecule has 0 atom stereocenters. The minimum absolute atomic E-state index is 0.0529. The fraction of sp³-hybridized carbons (Fsp3) is 0.0625. The first-order valence-electron chi connectivity index (χ1n) is 6.69. The van der Waals surface area contributed by atoms with Gasteiger partial charge in [0.05, 0.1) is 11.8 Å². The minimum Gasteiger partial charge on any atom is -0.507 e. The zero-order valence-corrected chi connectivity index (χ0v) is 12.1. The van der Waals surface area contributed by atoms with Gasteiger partial charge in [-0.1, -0.05) is 24.3 Å². The monoisotopic (exact) mass is 313 g/mol. The Kier molecular flexibility index (Phi) is 5.30. The Hall–Kier alpha value is -3.35. The van der Waals surface area contributed by atoms with Gasteiger partial charge in [0.15, 0.2) is 6.61 Å². The second-order valence-corrected chi connectivity index (χ2v) is 4.50. The van der Waals surface area contributed by atoms with Crippen molar-refractivity contribution in [2.45, 2.75) is 0 Å². The summed E-state index contributed by atoms with van der Waals surface area (Å²) in [5.41, 5.74) is 8.13. The van der Waals surface area contributed by atoms with Crippen LogP contribution in [0.25, 0.3) is 0 Å². The standard InChI is InChI=1S/C16H15N3O4/c17-16(22)12-6-2-4-8-14(12)23-10-15(21)19-18-9-11-5-1-3-7-13(11)20/h1-9,20H,10H2,(H2,17,22)(H,19,21)/b18-9-. The van der Waals surface area contributed by atoms with Crippen molar-refractivity contribution < 1.29 is 19.4 Å². The molecule has 23 heavy (non-hydrogen) atoms. The van der Waals surface area contributed by atoms with Crippen LogP contribution in [0.3, 0.4) is 0 Å². The van der Waals surface area contributed by atoms with Crippen molar-refractivity contribution in [3.63, 3.8) is 0 Å². The lowest BCUT2D eigenvalue weighted by molar-refractivity contribution is -0.123. The Morgan fingerprint density at radius 1 is 1.17 bits per heavy atom. The number of benzene rings is 2. The maximum atomic E-state index is 11.6. The fourth-order valence-corrected chi connectivity index (χ4v) is 1.74. The van der Waals surface area contributed by atoms with Gasteiger partial charge in [-0.2, -0.15) is 5.10 Å². The van der Waals surface area contributed by atoms with Crippen LogP contribution in [0.2, 0.25) is 0 Å². The normalized spacial score (nSPS) is 10.4. The first-order valence-corrected chi connectivity index (χ1v) is 6.69. The number of hydrogen-bond acceptors (Lipinski definition) is 5. The molecule has 0 aliphatic rings. The van der Waals surface area contributed by atoms with Crippen LogP contribution in [-0.4, -0.2) is 29.7 Å². The van der Waals surface area contributed by atoms with Crippen molar-refractivity contribution in [3.05, 3.63) is 59.7 Å². The van der Waals surface area contributed by atoms with Gasteiger partial charge in [-0.3, -0.25) is 9.59 Å². The number of carbonyl (C=O) groups is 2. The van der Waals surface area contributed by atoms with Gasteiger partial charge in [-0.15, -0.1) is 0 Å². The maximum absolute atomic E-state index is 11.6. The number of nitrogens with two attached hydrogens (primary N) is 1. The number of hydrazone groups is 1. The molecule has 0 unspecified atom stereocenters. The Labute approximate surface area is 132 Å². The Morgan fingerprint density at radius 3 is 2.61 bits per heavy atom.